The minimum Gasteiger partial charge on any atom is -0.469 e. The summed E-state index contributed by atoms with van der Waals surface area (Å²) < 4.78 is 10.6. The van der Waals surface area contributed by atoms with Gasteiger partial charge in [0.2, 0.25) is 0 Å². The standard InChI is InChI=1S/C15H20O4/c1-10-6-12(19-9-10)8-15(3,17)14(16)7-13-11(2)4-5-18-13/h4-6,9,14,16-17H,7-8H2,1-3H3. The van der Waals surface area contributed by atoms with Crippen molar-refractivity contribution in [2.24, 2.45) is 0 Å². The second-order valence-corrected chi connectivity index (χ2v) is 5.37. The largest absolute Gasteiger partial charge is 0.469 e. The van der Waals surface area contributed by atoms with Crippen molar-refractivity contribution < 1.29 is 19.0 Å². The van der Waals surface area contributed by atoms with Crippen LogP contribution >= 0.6 is 0 Å². The number of aliphatic hydroxyl groups is 2. The van der Waals surface area contributed by atoms with Gasteiger partial charge in [-0.05, 0) is 44.0 Å². The minimum atomic E-state index is -1.26. The zero-order valence-corrected chi connectivity index (χ0v) is 11.5. The van der Waals surface area contributed by atoms with Gasteiger partial charge in [-0.15, -0.1) is 0 Å². The summed E-state index contributed by atoms with van der Waals surface area (Å²) in [4.78, 5) is 0. The van der Waals surface area contributed by atoms with Gasteiger partial charge in [-0.3, -0.25) is 0 Å². The van der Waals surface area contributed by atoms with Crippen LogP contribution < -0.4 is 0 Å². The third-order valence-electron chi connectivity index (χ3n) is 3.38. The van der Waals surface area contributed by atoms with Crippen molar-refractivity contribution in [2.75, 3.05) is 0 Å². The lowest BCUT2D eigenvalue weighted by Gasteiger charge is -2.28. The fraction of sp³-hybridized carbons (Fsp3) is 0.467. The number of aliphatic hydroxyl groups excluding tert-OH is 1. The Morgan fingerprint density at radius 1 is 1.32 bits per heavy atom. The quantitative estimate of drug-likeness (QED) is 0.870. The molecule has 2 unspecified atom stereocenters. The monoisotopic (exact) mass is 264 g/mol. The van der Waals surface area contributed by atoms with E-state index >= 15 is 0 Å². The Balaban J connectivity index is 2.04. The molecule has 4 nitrogen and oxygen atoms in total. The topological polar surface area (TPSA) is 66.7 Å². The van der Waals surface area contributed by atoms with E-state index in [4.69, 9.17) is 8.83 Å². The van der Waals surface area contributed by atoms with E-state index in [2.05, 4.69) is 0 Å². The Labute approximate surface area is 112 Å². The molecule has 0 bridgehead atoms. The maximum Gasteiger partial charge on any atom is 0.109 e. The predicted octanol–water partition coefficient (Wildman–Crippen LogP) is 2.39. The molecule has 2 heterocycles. The molecule has 4 heteroatoms. The van der Waals surface area contributed by atoms with Crippen molar-refractivity contribution in [1.82, 2.24) is 0 Å². The highest BCUT2D eigenvalue weighted by molar-refractivity contribution is 5.17. The average Bonchev–Trinajstić information content (AvgIpc) is 2.88. The van der Waals surface area contributed by atoms with E-state index < -0.39 is 11.7 Å². The van der Waals surface area contributed by atoms with Crippen LogP contribution in [0.15, 0.2) is 33.5 Å². The molecule has 0 spiro atoms. The van der Waals surface area contributed by atoms with Crippen LogP contribution in [0.3, 0.4) is 0 Å². The Morgan fingerprint density at radius 3 is 2.58 bits per heavy atom. The Kier molecular flexibility index (Phi) is 3.83. The molecule has 2 atom stereocenters. The molecule has 0 saturated carbocycles. The molecule has 0 amide bonds. The zero-order valence-electron chi connectivity index (χ0n) is 11.5. The first-order valence-electron chi connectivity index (χ1n) is 6.36. The highest BCUT2D eigenvalue weighted by Crippen LogP contribution is 2.23. The van der Waals surface area contributed by atoms with E-state index in [-0.39, 0.29) is 12.8 Å². The summed E-state index contributed by atoms with van der Waals surface area (Å²) >= 11 is 0. The van der Waals surface area contributed by atoms with E-state index in [1.807, 2.05) is 26.0 Å². The second kappa shape index (κ2) is 5.23. The van der Waals surface area contributed by atoms with Gasteiger partial charge >= 0.3 is 0 Å². The molecule has 0 saturated heterocycles. The lowest BCUT2D eigenvalue weighted by molar-refractivity contribution is -0.0647. The van der Waals surface area contributed by atoms with Crippen molar-refractivity contribution in [3.63, 3.8) is 0 Å². The summed E-state index contributed by atoms with van der Waals surface area (Å²) in [5.74, 6) is 1.36. The van der Waals surface area contributed by atoms with Gasteiger partial charge in [-0.25, -0.2) is 0 Å². The molecule has 2 N–H and O–H groups in total. The van der Waals surface area contributed by atoms with Crippen LogP contribution in [-0.2, 0) is 12.8 Å². The fourth-order valence-corrected chi connectivity index (χ4v) is 2.06. The molecule has 2 aromatic heterocycles. The van der Waals surface area contributed by atoms with Gasteiger partial charge < -0.3 is 19.0 Å². The van der Waals surface area contributed by atoms with E-state index in [0.717, 1.165) is 11.1 Å². The van der Waals surface area contributed by atoms with Crippen LogP contribution in [0.25, 0.3) is 0 Å². The lowest BCUT2D eigenvalue weighted by atomic mass is 9.90. The van der Waals surface area contributed by atoms with E-state index in [0.29, 0.717) is 11.5 Å². The molecule has 0 aliphatic rings. The normalized spacial score (nSPS) is 16.3. The predicted molar refractivity (Wildman–Crippen MR) is 70.9 cm³/mol. The Morgan fingerprint density at radius 2 is 2.05 bits per heavy atom. The SMILES string of the molecule is Cc1coc(CC(C)(O)C(O)Cc2occc2C)c1. The molecular formula is C15H20O4. The number of furan rings is 2. The minimum absolute atomic E-state index is 0.266. The molecule has 0 fully saturated rings. The fourth-order valence-electron chi connectivity index (χ4n) is 2.06. The molecular weight excluding hydrogens is 244 g/mol. The van der Waals surface area contributed by atoms with Crippen molar-refractivity contribution in [3.8, 4) is 0 Å². The number of hydrogen-bond acceptors (Lipinski definition) is 4. The van der Waals surface area contributed by atoms with Gasteiger partial charge in [-0.2, -0.15) is 0 Å². The summed E-state index contributed by atoms with van der Waals surface area (Å²) in [6.07, 6.45) is 2.85. The van der Waals surface area contributed by atoms with Crippen LogP contribution in [0.2, 0.25) is 0 Å². The highest BCUT2D eigenvalue weighted by Gasteiger charge is 2.32. The van der Waals surface area contributed by atoms with E-state index in [9.17, 15) is 10.2 Å². The van der Waals surface area contributed by atoms with Crippen LogP contribution in [0, 0.1) is 13.8 Å². The Hall–Kier alpha value is -1.52. The third kappa shape index (κ3) is 3.28. The van der Waals surface area contributed by atoms with E-state index in [1.165, 1.54) is 0 Å². The first kappa shape index (κ1) is 13.9. The van der Waals surface area contributed by atoms with Gasteiger partial charge in [0, 0.05) is 12.8 Å². The van der Waals surface area contributed by atoms with Crippen molar-refractivity contribution in [2.45, 2.75) is 45.3 Å². The molecule has 104 valence electrons. The molecule has 19 heavy (non-hydrogen) atoms. The first-order valence-corrected chi connectivity index (χ1v) is 6.36. The molecule has 0 aliphatic heterocycles. The first-order chi connectivity index (χ1) is 8.88. The molecule has 2 aromatic rings. The van der Waals surface area contributed by atoms with E-state index in [1.54, 1.807) is 19.5 Å². The summed E-state index contributed by atoms with van der Waals surface area (Å²) in [7, 11) is 0. The van der Waals surface area contributed by atoms with Gasteiger partial charge in [0.15, 0.2) is 0 Å². The second-order valence-electron chi connectivity index (χ2n) is 5.37. The van der Waals surface area contributed by atoms with Gasteiger partial charge in [0.1, 0.15) is 11.5 Å². The number of hydrogen-bond donors (Lipinski definition) is 2. The van der Waals surface area contributed by atoms with Crippen molar-refractivity contribution in [3.05, 3.63) is 47.3 Å². The average molecular weight is 264 g/mol. The molecule has 0 aromatic carbocycles. The summed E-state index contributed by atoms with van der Waals surface area (Å²) in [6, 6.07) is 3.70. The molecule has 0 radical (unpaired) electrons. The highest BCUT2D eigenvalue weighted by atomic mass is 16.4. The van der Waals surface area contributed by atoms with Gasteiger partial charge in [0.05, 0.1) is 24.2 Å². The van der Waals surface area contributed by atoms with Crippen LogP contribution in [-0.4, -0.2) is 21.9 Å². The van der Waals surface area contributed by atoms with Gasteiger partial charge in [-0.1, -0.05) is 0 Å². The number of rotatable bonds is 5. The number of aryl methyl sites for hydroxylation is 2. The summed E-state index contributed by atoms with van der Waals surface area (Å²) in [5.41, 5.74) is 0.717. The Bertz CT molecular complexity index is 536. The van der Waals surface area contributed by atoms with Crippen molar-refractivity contribution in [1.29, 1.82) is 0 Å². The maximum absolute atomic E-state index is 10.4. The van der Waals surface area contributed by atoms with Gasteiger partial charge in [0.25, 0.3) is 0 Å². The molecule has 0 aliphatic carbocycles. The summed E-state index contributed by atoms with van der Waals surface area (Å²) in [6.45, 7) is 5.44. The third-order valence-corrected chi connectivity index (χ3v) is 3.38. The zero-order chi connectivity index (χ0) is 14.0. The summed E-state index contributed by atoms with van der Waals surface area (Å²) in [5, 5.41) is 20.6. The maximum atomic E-state index is 10.4. The van der Waals surface area contributed by atoms with Crippen LogP contribution in [0.5, 0.6) is 0 Å². The van der Waals surface area contributed by atoms with Crippen molar-refractivity contribution >= 4 is 0 Å². The van der Waals surface area contributed by atoms with Crippen LogP contribution in [0.1, 0.15) is 29.6 Å². The molecule has 2 rings (SSSR count). The smallest absolute Gasteiger partial charge is 0.109 e. The lowest BCUT2D eigenvalue weighted by Crippen LogP contribution is -2.42. The van der Waals surface area contributed by atoms with Crippen LogP contribution in [0.4, 0.5) is 0 Å².